The van der Waals surface area contributed by atoms with Crippen molar-refractivity contribution in [3.8, 4) is 0 Å². The smallest absolute Gasteiger partial charge is 0.0594 e. The zero-order valence-electron chi connectivity index (χ0n) is 10.7. The fourth-order valence-electron chi connectivity index (χ4n) is 2.25. The molecule has 1 fully saturated rings. The van der Waals surface area contributed by atoms with Crippen molar-refractivity contribution in [1.29, 1.82) is 0 Å². The number of morpholine rings is 1. The Balaban J connectivity index is 2.25. The van der Waals surface area contributed by atoms with Crippen molar-refractivity contribution in [2.24, 2.45) is 11.8 Å². The molecule has 0 spiro atoms. The third kappa shape index (κ3) is 4.98. The van der Waals surface area contributed by atoms with E-state index in [1.54, 1.807) is 0 Å². The molecule has 1 aliphatic heterocycles. The second-order valence-corrected chi connectivity index (χ2v) is 4.94. The van der Waals surface area contributed by atoms with Crippen LogP contribution in [0.1, 0.15) is 40.0 Å². The van der Waals surface area contributed by atoms with Crippen LogP contribution in [0, 0.1) is 11.8 Å². The first kappa shape index (κ1) is 13.0. The molecular weight excluding hydrogens is 186 g/mol. The average molecular weight is 213 g/mol. The van der Waals surface area contributed by atoms with Gasteiger partial charge in [0.05, 0.1) is 13.2 Å². The first-order valence-corrected chi connectivity index (χ1v) is 6.56. The maximum absolute atomic E-state index is 5.38. The van der Waals surface area contributed by atoms with Crippen LogP contribution in [-0.4, -0.2) is 37.7 Å². The molecule has 90 valence electrons. The molecule has 0 saturated carbocycles. The summed E-state index contributed by atoms with van der Waals surface area (Å²) in [7, 11) is 0. The molecule has 2 unspecified atom stereocenters. The predicted octanol–water partition coefficient (Wildman–Crippen LogP) is 2.78. The number of hydrogen-bond donors (Lipinski definition) is 0. The van der Waals surface area contributed by atoms with Crippen LogP contribution in [-0.2, 0) is 4.74 Å². The first-order chi connectivity index (χ1) is 7.26. The number of ether oxygens (including phenoxy) is 1. The van der Waals surface area contributed by atoms with Crippen LogP contribution in [0.2, 0.25) is 0 Å². The summed E-state index contributed by atoms with van der Waals surface area (Å²) in [6.07, 6.45) is 4.03. The topological polar surface area (TPSA) is 12.5 Å². The second-order valence-electron chi connectivity index (χ2n) is 4.94. The van der Waals surface area contributed by atoms with Gasteiger partial charge in [0, 0.05) is 19.6 Å². The summed E-state index contributed by atoms with van der Waals surface area (Å²) in [6.45, 7) is 12.4. The molecule has 1 aliphatic rings. The van der Waals surface area contributed by atoms with E-state index in [0.29, 0.717) is 0 Å². The summed E-state index contributed by atoms with van der Waals surface area (Å²) in [5.74, 6) is 1.77. The molecule has 0 aromatic carbocycles. The standard InChI is InChI=1S/C13H27NO/c1-4-12(3)10-13(5-2)11-14-6-8-15-9-7-14/h12-13H,4-11H2,1-3H3. The molecule has 0 amide bonds. The molecule has 0 aromatic heterocycles. The highest BCUT2D eigenvalue weighted by Gasteiger charge is 2.16. The van der Waals surface area contributed by atoms with Gasteiger partial charge in [-0.3, -0.25) is 4.90 Å². The third-order valence-electron chi connectivity index (χ3n) is 3.63. The van der Waals surface area contributed by atoms with E-state index in [-0.39, 0.29) is 0 Å². The van der Waals surface area contributed by atoms with Crippen molar-refractivity contribution in [3.05, 3.63) is 0 Å². The predicted molar refractivity (Wildman–Crippen MR) is 65.1 cm³/mol. The molecular formula is C13H27NO. The van der Waals surface area contributed by atoms with Crippen molar-refractivity contribution in [2.75, 3.05) is 32.8 Å². The molecule has 0 bridgehead atoms. The molecule has 0 radical (unpaired) electrons. The summed E-state index contributed by atoms with van der Waals surface area (Å²) in [4.78, 5) is 2.57. The third-order valence-corrected chi connectivity index (χ3v) is 3.63. The summed E-state index contributed by atoms with van der Waals surface area (Å²) < 4.78 is 5.38. The van der Waals surface area contributed by atoms with Gasteiger partial charge in [-0.05, 0) is 18.3 Å². The van der Waals surface area contributed by atoms with E-state index in [9.17, 15) is 0 Å². The minimum atomic E-state index is 0.885. The van der Waals surface area contributed by atoms with E-state index in [4.69, 9.17) is 4.74 Å². The molecule has 2 atom stereocenters. The van der Waals surface area contributed by atoms with Crippen LogP contribution >= 0.6 is 0 Å². The van der Waals surface area contributed by atoms with Crippen LogP contribution < -0.4 is 0 Å². The Kier molecular flexibility index (Phi) is 6.26. The highest BCUT2D eigenvalue weighted by molar-refractivity contribution is 4.69. The fraction of sp³-hybridized carbons (Fsp3) is 1.00. The van der Waals surface area contributed by atoms with Crippen LogP contribution in [0.3, 0.4) is 0 Å². The highest BCUT2D eigenvalue weighted by atomic mass is 16.5. The largest absolute Gasteiger partial charge is 0.379 e. The number of hydrogen-bond acceptors (Lipinski definition) is 2. The molecule has 1 rings (SSSR count). The van der Waals surface area contributed by atoms with Gasteiger partial charge in [-0.1, -0.05) is 33.6 Å². The van der Waals surface area contributed by atoms with E-state index in [1.165, 1.54) is 25.8 Å². The number of rotatable bonds is 6. The van der Waals surface area contributed by atoms with Gasteiger partial charge in [0.15, 0.2) is 0 Å². The van der Waals surface area contributed by atoms with Gasteiger partial charge in [0.1, 0.15) is 0 Å². The van der Waals surface area contributed by atoms with Crippen molar-refractivity contribution >= 4 is 0 Å². The average Bonchev–Trinajstić information content (AvgIpc) is 2.29. The monoisotopic (exact) mass is 213 g/mol. The van der Waals surface area contributed by atoms with Gasteiger partial charge in [0.25, 0.3) is 0 Å². The Morgan fingerprint density at radius 2 is 1.80 bits per heavy atom. The Labute approximate surface area is 95.0 Å². The van der Waals surface area contributed by atoms with Crippen molar-refractivity contribution in [1.82, 2.24) is 4.90 Å². The zero-order valence-corrected chi connectivity index (χ0v) is 10.7. The second kappa shape index (κ2) is 7.24. The molecule has 0 aliphatic carbocycles. The lowest BCUT2D eigenvalue weighted by molar-refractivity contribution is 0.0286. The fourth-order valence-corrected chi connectivity index (χ4v) is 2.25. The van der Waals surface area contributed by atoms with Gasteiger partial charge in [0.2, 0.25) is 0 Å². The van der Waals surface area contributed by atoms with E-state index in [2.05, 4.69) is 25.7 Å². The molecule has 0 aromatic rings. The normalized spacial score (nSPS) is 22.6. The maximum Gasteiger partial charge on any atom is 0.0594 e. The van der Waals surface area contributed by atoms with Crippen LogP contribution in [0.15, 0.2) is 0 Å². The molecule has 2 heteroatoms. The molecule has 1 saturated heterocycles. The Morgan fingerprint density at radius 3 is 2.33 bits per heavy atom. The summed E-state index contributed by atoms with van der Waals surface area (Å²) in [5, 5.41) is 0. The Bertz CT molecular complexity index is 155. The zero-order chi connectivity index (χ0) is 11.1. The van der Waals surface area contributed by atoms with E-state index >= 15 is 0 Å². The summed E-state index contributed by atoms with van der Waals surface area (Å²) in [6, 6.07) is 0. The van der Waals surface area contributed by atoms with Crippen molar-refractivity contribution < 1.29 is 4.74 Å². The minimum Gasteiger partial charge on any atom is -0.379 e. The minimum absolute atomic E-state index is 0.885. The lowest BCUT2D eigenvalue weighted by Gasteiger charge is -2.31. The summed E-state index contributed by atoms with van der Waals surface area (Å²) >= 11 is 0. The lowest BCUT2D eigenvalue weighted by atomic mass is 9.91. The van der Waals surface area contributed by atoms with Gasteiger partial charge in [-0.2, -0.15) is 0 Å². The van der Waals surface area contributed by atoms with Crippen LogP contribution in [0.25, 0.3) is 0 Å². The lowest BCUT2D eigenvalue weighted by Crippen LogP contribution is -2.39. The molecule has 1 heterocycles. The Morgan fingerprint density at radius 1 is 1.13 bits per heavy atom. The van der Waals surface area contributed by atoms with E-state index in [0.717, 1.165) is 38.1 Å². The van der Waals surface area contributed by atoms with Crippen LogP contribution in [0.5, 0.6) is 0 Å². The SMILES string of the molecule is CCC(C)CC(CC)CN1CCOCC1. The first-order valence-electron chi connectivity index (χ1n) is 6.56. The van der Waals surface area contributed by atoms with E-state index in [1.807, 2.05) is 0 Å². The number of nitrogens with zero attached hydrogens (tertiary/aromatic N) is 1. The van der Waals surface area contributed by atoms with Crippen molar-refractivity contribution in [2.45, 2.75) is 40.0 Å². The van der Waals surface area contributed by atoms with Gasteiger partial charge in [-0.25, -0.2) is 0 Å². The highest BCUT2D eigenvalue weighted by Crippen LogP contribution is 2.19. The molecule has 2 nitrogen and oxygen atoms in total. The van der Waals surface area contributed by atoms with Crippen LogP contribution in [0.4, 0.5) is 0 Å². The van der Waals surface area contributed by atoms with Gasteiger partial charge in [-0.15, -0.1) is 0 Å². The van der Waals surface area contributed by atoms with Gasteiger partial charge < -0.3 is 4.74 Å². The van der Waals surface area contributed by atoms with E-state index < -0.39 is 0 Å². The van der Waals surface area contributed by atoms with Gasteiger partial charge >= 0.3 is 0 Å². The molecule has 0 N–H and O–H groups in total. The maximum atomic E-state index is 5.38. The Hall–Kier alpha value is -0.0800. The molecule has 15 heavy (non-hydrogen) atoms. The van der Waals surface area contributed by atoms with Crippen molar-refractivity contribution in [3.63, 3.8) is 0 Å². The summed E-state index contributed by atoms with van der Waals surface area (Å²) in [5.41, 5.74) is 0. The quantitative estimate of drug-likeness (QED) is 0.672.